The Bertz CT molecular complexity index is 570. The zero-order chi connectivity index (χ0) is 16.9. The smallest absolute Gasteiger partial charge is 0.323 e. The van der Waals surface area contributed by atoms with Gasteiger partial charge in [-0.05, 0) is 43.7 Å². The Morgan fingerprint density at radius 1 is 1.12 bits per heavy atom. The van der Waals surface area contributed by atoms with Gasteiger partial charge < -0.3 is 9.80 Å². The third kappa shape index (κ3) is 4.04. The highest BCUT2D eigenvalue weighted by atomic mass is 16.2. The first-order chi connectivity index (χ1) is 11.6. The monoisotopic (exact) mass is 330 g/mol. The Morgan fingerprint density at radius 2 is 1.92 bits per heavy atom. The maximum atomic E-state index is 12.7. The van der Waals surface area contributed by atoms with Gasteiger partial charge >= 0.3 is 6.03 Å². The summed E-state index contributed by atoms with van der Waals surface area (Å²) in [6.07, 6.45) is 5.56. The maximum absolute atomic E-state index is 12.7. The molecule has 2 aliphatic rings. The van der Waals surface area contributed by atoms with Crippen LogP contribution in [-0.4, -0.2) is 52.9 Å². The van der Waals surface area contributed by atoms with Crippen molar-refractivity contribution in [1.82, 2.24) is 14.8 Å². The molecule has 0 aliphatic carbocycles. The minimum atomic E-state index is -0.168. The molecule has 0 aromatic carbocycles. The average molecular weight is 330 g/mol. The van der Waals surface area contributed by atoms with E-state index in [2.05, 4.69) is 17.2 Å². The van der Waals surface area contributed by atoms with Crippen molar-refractivity contribution >= 4 is 17.8 Å². The van der Waals surface area contributed by atoms with Crippen LogP contribution in [0.4, 0.5) is 10.6 Å². The van der Waals surface area contributed by atoms with Gasteiger partial charge in [0.15, 0.2) is 0 Å². The van der Waals surface area contributed by atoms with Gasteiger partial charge in [-0.25, -0.2) is 9.78 Å². The van der Waals surface area contributed by atoms with E-state index in [1.54, 1.807) is 17.2 Å². The molecule has 1 atom stereocenters. The fourth-order valence-electron chi connectivity index (χ4n) is 3.48. The molecule has 0 saturated carbocycles. The van der Waals surface area contributed by atoms with Crippen LogP contribution in [0.2, 0.25) is 0 Å². The van der Waals surface area contributed by atoms with Crippen molar-refractivity contribution in [3.8, 4) is 0 Å². The summed E-state index contributed by atoms with van der Waals surface area (Å²) in [6, 6.07) is 5.24. The van der Waals surface area contributed by atoms with E-state index in [1.165, 1.54) is 0 Å². The van der Waals surface area contributed by atoms with Gasteiger partial charge in [-0.2, -0.15) is 0 Å². The first kappa shape index (κ1) is 16.7. The number of likely N-dealkylation sites (tertiary alicyclic amines) is 2. The molecule has 1 aromatic heterocycles. The molecule has 0 radical (unpaired) electrons. The third-order valence-corrected chi connectivity index (χ3v) is 5.05. The van der Waals surface area contributed by atoms with E-state index < -0.39 is 0 Å². The SMILES string of the molecule is CC1CCN(C(=O)[C@@H]2CCCN(C(=O)Nc3ccccn3)C2)CC1. The molecule has 1 N–H and O–H groups in total. The van der Waals surface area contributed by atoms with Crippen LogP contribution in [0.5, 0.6) is 0 Å². The highest BCUT2D eigenvalue weighted by molar-refractivity contribution is 5.89. The summed E-state index contributed by atoms with van der Waals surface area (Å²) in [5, 5.41) is 2.81. The largest absolute Gasteiger partial charge is 0.342 e. The number of pyridine rings is 1. The number of rotatable bonds is 2. The molecule has 6 heteroatoms. The lowest BCUT2D eigenvalue weighted by Gasteiger charge is -2.37. The summed E-state index contributed by atoms with van der Waals surface area (Å²) in [5.41, 5.74) is 0. The minimum Gasteiger partial charge on any atom is -0.342 e. The van der Waals surface area contributed by atoms with Crippen molar-refractivity contribution in [2.75, 3.05) is 31.5 Å². The van der Waals surface area contributed by atoms with E-state index >= 15 is 0 Å². The van der Waals surface area contributed by atoms with E-state index in [0.717, 1.165) is 38.8 Å². The number of anilines is 1. The van der Waals surface area contributed by atoms with Gasteiger partial charge in [0.25, 0.3) is 0 Å². The number of piperidine rings is 2. The molecule has 0 unspecified atom stereocenters. The molecule has 0 spiro atoms. The fraction of sp³-hybridized carbons (Fsp3) is 0.611. The molecule has 130 valence electrons. The molecule has 3 heterocycles. The maximum Gasteiger partial charge on any atom is 0.323 e. The molecule has 3 amide bonds. The van der Waals surface area contributed by atoms with Gasteiger partial charge in [0.2, 0.25) is 5.91 Å². The van der Waals surface area contributed by atoms with Crippen LogP contribution < -0.4 is 5.32 Å². The van der Waals surface area contributed by atoms with Crippen molar-refractivity contribution in [3.63, 3.8) is 0 Å². The second-order valence-corrected chi connectivity index (χ2v) is 6.94. The quantitative estimate of drug-likeness (QED) is 0.906. The van der Waals surface area contributed by atoms with E-state index in [-0.39, 0.29) is 17.9 Å². The van der Waals surface area contributed by atoms with Gasteiger partial charge in [0.05, 0.1) is 5.92 Å². The number of nitrogens with one attached hydrogen (secondary N) is 1. The number of carbonyl (C=O) groups excluding carboxylic acids is 2. The summed E-state index contributed by atoms with van der Waals surface area (Å²) >= 11 is 0. The van der Waals surface area contributed by atoms with Crippen LogP contribution in [0.15, 0.2) is 24.4 Å². The third-order valence-electron chi connectivity index (χ3n) is 5.05. The van der Waals surface area contributed by atoms with E-state index in [0.29, 0.717) is 24.8 Å². The number of nitrogens with zero attached hydrogens (tertiary/aromatic N) is 3. The van der Waals surface area contributed by atoms with E-state index in [4.69, 9.17) is 0 Å². The zero-order valence-corrected chi connectivity index (χ0v) is 14.3. The normalized spacial score (nSPS) is 22.3. The van der Waals surface area contributed by atoms with E-state index in [1.807, 2.05) is 17.0 Å². The number of hydrogen-bond acceptors (Lipinski definition) is 3. The number of aromatic nitrogens is 1. The molecule has 6 nitrogen and oxygen atoms in total. The number of amides is 3. The minimum absolute atomic E-state index is 0.0679. The van der Waals surface area contributed by atoms with Gasteiger partial charge in [-0.3, -0.25) is 10.1 Å². The average Bonchev–Trinajstić information content (AvgIpc) is 2.63. The van der Waals surface area contributed by atoms with Crippen molar-refractivity contribution in [3.05, 3.63) is 24.4 Å². The van der Waals surface area contributed by atoms with Crippen LogP contribution in [0.25, 0.3) is 0 Å². The molecule has 2 aliphatic heterocycles. The second kappa shape index (κ2) is 7.64. The van der Waals surface area contributed by atoms with Crippen LogP contribution in [0.1, 0.15) is 32.6 Å². The van der Waals surface area contributed by atoms with Gasteiger partial charge in [-0.15, -0.1) is 0 Å². The molecule has 2 saturated heterocycles. The highest BCUT2D eigenvalue weighted by Gasteiger charge is 2.32. The first-order valence-electron chi connectivity index (χ1n) is 8.89. The Hall–Kier alpha value is -2.11. The predicted molar refractivity (Wildman–Crippen MR) is 92.5 cm³/mol. The second-order valence-electron chi connectivity index (χ2n) is 6.94. The summed E-state index contributed by atoms with van der Waals surface area (Å²) in [7, 11) is 0. The summed E-state index contributed by atoms with van der Waals surface area (Å²) in [5.74, 6) is 1.40. The Labute approximate surface area is 143 Å². The standard InChI is InChI=1S/C18H26N4O2/c1-14-7-11-21(12-8-14)17(23)15-5-4-10-22(13-15)18(24)20-16-6-2-3-9-19-16/h2-3,6,9,14-15H,4-5,7-8,10-13H2,1H3,(H,19,20,24)/t15-/m1/s1. The molecule has 0 bridgehead atoms. The van der Waals surface area contributed by atoms with Crippen molar-refractivity contribution in [2.45, 2.75) is 32.6 Å². The lowest BCUT2D eigenvalue weighted by atomic mass is 9.93. The van der Waals surface area contributed by atoms with Gasteiger partial charge in [-0.1, -0.05) is 13.0 Å². The van der Waals surface area contributed by atoms with Crippen LogP contribution >= 0.6 is 0 Å². The molecular weight excluding hydrogens is 304 g/mol. The Morgan fingerprint density at radius 3 is 2.62 bits per heavy atom. The van der Waals surface area contributed by atoms with Crippen LogP contribution in [0.3, 0.4) is 0 Å². The van der Waals surface area contributed by atoms with Crippen molar-refractivity contribution in [1.29, 1.82) is 0 Å². The Kier molecular flexibility index (Phi) is 5.33. The lowest BCUT2D eigenvalue weighted by Crippen LogP contribution is -2.49. The van der Waals surface area contributed by atoms with Gasteiger partial charge in [0, 0.05) is 32.4 Å². The Balaban J connectivity index is 1.55. The molecule has 1 aromatic rings. The molecular formula is C18H26N4O2. The fourth-order valence-corrected chi connectivity index (χ4v) is 3.48. The lowest BCUT2D eigenvalue weighted by molar-refractivity contribution is -0.138. The van der Waals surface area contributed by atoms with Crippen LogP contribution in [-0.2, 0) is 4.79 Å². The highest BCUT2D eigenvalue weighted by Crippen LogP contribution is 2.23. The summed E-state index contributed by atoms with van der Waals surface area (Å²) in [4.78, 5) is 33.0. The molecule has 3 rings (SSSR count). The molecule has 2 fully saturated rings. The summed E-state index contributed by atoms with van der Waals surface area (Å²) in [6.45, 7) is 5.16. The summed E-state index contributed by atoms with van der Waals surface area (Å²) < 4.78 is 0. The first-order valence-corrected chi connectivity index (χ1v) is 8.89. The number of hydrogen-bond donors (Lipinski definition) is 1. The topological polar surface area (TPSA) is 65.5 Å². The number of urea groups is 1. The van der Waals surface area contributed by atoms with E-state index in [9.17, 15) is 9.59 Å². The zero-order valence-electron chi connectivity index (χ0n) is 14.3. The number of carbonyl (C=O) groups is 2. The van der Waals surface area contributed by atoms with Crippen molar-refractivity contribution < 1.29 is 9.59 Å². The molecule has 24 heavy (non-hydrogen) atoms. The van der Waals surface area contributed by atoms with Crippen molar-refractivity contribution in [2.24, 2.45) is 11.8 Å². The van der Waals surface area contributed by atoms with Gasteiger partial charge in [0.1, 0.15) is 5.82 Å². The van der Waals surface area contributed by atoms with Crippen LogP contribution in [0, 0.1) is 11.8 Å². The predicted octanol–water partition coefficient (Wildman–Crippen LogP) is 2.58.